The van der Waals surface area contributed by atoms with Gasteiger partial charge in [0, 0.05) is 10.8 Å². The Kier molecular flexibility index (Phi) is 6.04. The predicted octanol–water partition coefficient (Wildman–Crippen LogP) is 6.11. The van der Waals surface area contributed by atoms with Crippen molar-refractivity contribution in [2.45, 2.75) is 38.5 Å². The Hall–Kier alpha value is -3.19. The maximum Gasteiger partial charge on any atom is 0.413 e. The van der Waals surface area contributed by atoms with E-state index in [4.69, 9.17) is 4.74 Å². The number of fused-ring (bicyclic) bond motifs is 3. The summed E-state index contributed by atoms with van der Waals surface area (Å²) in [6.07, 6.45) is 1.15. The number of ether oxygens (including phenoxy) is 1. The van der Waals surface area contributed by atoms with E-state index in [2.05, 4.69) is 34.6 Å². The number of carbonyl (C=O) groups excluding carboxylic acids is 1. The van der Waals surface area contributed by atoms with Crippen LogP contribution in [0.4, 0.5) is 9.93 Å². The van der Waals surface area contributed by atoms with Crippen molar-refractivity contribution in [3.8, 4) is 11.1 Å². The van der Waals surface area contributed by atoms with Crippen molar-refractivity contribution in [3.05, 3.63) is 70.2 Å². The number of carboxylic acid groups (broad SMARTS) is 1. The van der Waals surface area contributed by atoms with Gasteiger partial charge in [-0.3, -0.25) is 5.32 Å². The lowest BCUT2D eigenvalue weighted by Crippen LogP contribution is -2.18. The predicted molar refractivity (Wildman–Crippen MR) is 121 cm³/mol. The summed E-state index contributed by atoms with van der Waals surface area (Å²) in [5, 5.41) is 12.3. The minimum absolute atomic E-state index is 0.0000948. The van der Waals surface area contributed by atoms with Crippen LogP contribution in [0.25, 0.3) is 11.1 Å². The zero-order chi connectivity index (χ0) is 22.0. The van der Waals surface area contributed by atoms with E-state index in [1.807, 2.05) is 38.1 Å². The van der Waals surface area contributed by atoms with E-state index >= 15 is 0 Å². The number of anilines is 1. The highest BCUT2D eigenvalue weighted by Gasteiger charge is 2.29. The Labute approximate surface area is 184 Å². The molecule has 0 radical (unpaired) electrons. The number of nitrogens with one attached hydrogen (secondary N) is 1. The molecule has 0 saturated heterocycles. The first-order valence-corrected chi connectivity index (χ1v) is 11.2. The Morgan fingerprint density at radius 1 is 1.13 bits per heavy atom. The molecule has 4 rings (SSSR count). The number of hydrogen-bond acceptors (Lipinski definition) is 5. The van der Waals surface area contributed by atoms with Crippen molar-refractivity contribution in [3.63, 3.8) is 0 Å². The second-order valence-corrected chi connectivity index (χ2v) is 8.71. The number of carboxylic acids is 1. The van der Waals surface area contributed by atoms with E-state index < -0.39 is 12.1 Å². The van der Waals surface area contributed by atoms with Crippen molar-refractivity contribution in [2.24, 2.45) is 0 Å². The van der Waals surface area contributed by atoms with Crippen LogP contribution in [0.2, 0.25) is 0 Å². The molecule has 0 spiro atoms. The van der Waals surface area contributed by atoms with Gasteiger partial charge in [-0.25, -0.2) is 14.6 Å². The summed E-state index contributed by atoms with van der Waals surface area (Å²) < 4.78 is 5.53. The molecule has 1 aromatic heterocycles. The third-order valence-electron chi connectivity index (χ3n) is 5.58. The van der Waals surface area contributed by atoms with Crippen LogP contribution in [-0.2, 0) is 4.74 Å². The van der Waals surface area contributed by atoms with E-state index in [-0.39, 0.29) is 29.3 Å². The quantitative estimate of drug-likeness (QED) is 0.467. The minimum atomic E-state index is -1.09. The van der Waals surface area contributed by atoms with Gasteiger partial charge in [0.15, 0.2) is 10.8 Å². The lowest BCUT2D eigenvalue weighted by molar-refractivity contribution is 0.0689. The molecule has 3 aromatic rings. The summed E-state index contributed by atoms with van der Waals surface area (Å²) in [5.41, 5.74) is 4.59. The number of hydrogen-bond donors (Lipinski definition) is 2. The molecule has 1 atom stereocenters. The smallest absolute Gasteiger partial charge is 0.413 e. The van der Waals surface area contributed by atoms with Crippen LogP contribution < -0.4 is 5.32 Å². The van der Waals surface area contributed by atoms with Gasteiger partial charge in [-0.2, -0.15) is 0 Å². The third kappa shape index (κ3) is 4.18. The van der Waals surface area contributed by atoms with Crippen LogP contribution in [-0.4, -0.2) is 28.8 Å². The molecule has 2 N–H and O–H groups in total. The molecule has 7 heteroatoms. The van der Waals surface area contributed by atoms with Crippen LogP contribution >= 0.6 is 11.3 Å². The zero-order valence-corrected chi connectivity index (χ0v) is 18.2. The van der Waals surface area contributed by atoms with Crippen LogP contribution in [0.5, 0.6) is 0 Å². The van der Waals surface area contributed by atoms with E-state index in [0.29, 0.717) is 4.88 Å². The first kappa shape index (κ1) is 21.1. The molecular formula is C24H24N2O4S. The molecule has 31 heavy (non-hydrogen) atoms. The molecule has 1 aliphatic rings. The van der Waals surface area contributed by atoms with Gasteiger partial charge in [0.2, 0.25) is 0 Å². The molecule has 2 aromatic carbocycles. The Morgan fingerprint density at radius 2 is 1.74 bits per heavy atom. The summed E-state index contributed by atoms with van der Waals surface area (Å²) in [6.45, 7) is 4.21. The fourth-order valence-corrected chi connectivity index (χ4v) is 5.19. The van der Waals surface area contributed by atoms with Crippen LogP contribution in [0, 0.1) is 0 Å². The summed E-state index contributed by atoms with van der Waals surface area (Å²) in [6, 6.07) is 16.3. The molecule has 0 bridgehead atoms. The number of aromatic carboxylic acids is 1. The fourth-order valence-electron chi connectivity index (χ4n) is 4.16. The first-order valence-electron chi connectivity index (χ1n) is 10.4. The van der Waals surface area contributed by atoms with Gasteiger partial charge in [0.1, 0.15) is 6.61 Å². The van der Waals surface area contributed by atoms with Crippen molar-refractivity contribution >= 4 is 28.5 Å². The number of carbonyl (C=O) groups is 2. The summed E-state index contributed by atoms with van der Waals surface area (Å²) in [4.78, 5) is 28.8. The van der Waals surface area contributed by atoms with Gasteiger partial charge in [-0.15, -0.1) is 11.3 Å². The van der Waals surface area contributed by atoms with Gasteiger partial charge in [-0.05, 0) is 34.6 Å². The molecule has 1 heterocycles. The van der Waals surface area contributed by atoms with Crippen molar-refractivity contribution in [2.75, 3.05) is 11.9 Å². The second-order valence-electron chi connectivity index (χ2n) is 7.68. The van der Waals surface area contributed by atoms with E-state index in [0.717, 1.165) is 35.1 Å². The van der Waals surface area contributed by atoms with Gasteiger partial charge in [0.25, 0.3) is 0 Å². The highest BCUT2D eigenvalue weighted by molar-refractivity contribution is 7.16. The van der Waals surface area contributed by atoms with Gasteiger partial charge in [-0.1, -0.05) is 68.8 Å². The summed E-state index contributed by atoms with van der Waals surface area (Å²) in [5.74, 6) is -1.06. The average Bonchev–Trinajstić information content (AvgIpc) is 3.32. The molecule has 1 amide bonds. The standard InChI is InChI=1S/C24H24N2O4S/c1-3-8-14(2)21-20(22(27)28)25-23(31-21)26-24(29)30-13-19-17-11-6-4-9-15(17)16-10-5-7-12-18(16)19/h4-7,9-12,14,19H,3,8,13H2,1-2H3,(H,27,28)(H,25,26,29). The van der Waals surface area contributed by atoms with Crippen LogP contribution in [0.15, 0.2) is 48.5 Å². The Morgan fingerprint density at radius 3 is 2.32 bits per heavy atom. The highest BCUT2D eigenvalue weighted by atomic mass is 32.1. The van der Waals surface area contributed by atoms with E-state index in [1.54, 1.807) is 0 Å². The Balaban J connectivity index is 1.47. The summed E-state index contributed by atoms with van der Waals surface area (Å²) >= 11 is 1.20. The molecule has 160 valence electrons. The van der Waals surface area contributed by atoms with Crippen molar-refractivity contribution in [1.29, 1.82) is 0 Å². The third-order valence-corrected chi connectivity index (χ3v) is 6.78. The zero-order valence-electron chi connectivity index (χ0n) is 17.4. The van der Waals surface area contributed by atoms with E-state index in [1.165, 1.54) is 11.3 Å². The topological polar surface area (TPSA) is 88.5 Å². The van der Waals surface area contributed by atoms with Gasteiger partial charge < -0.3 is 9.84 Å². The van der Waals surface area contributed by atoms with Gasteiger partial charge >= 0.3 is 12.1 Å². The van der Waals surface area contributed by atoms with E-state index in [9.17, 15) is 14.7 Å². The number of thiazole rings is 1. The average molecular weight is 437 g/mol. The first-order chi connectivity index (χ1) is 15.0. The molecule has 0 fully saturated rings. The van der Waals surface area contributed by atoms with Gasteiger partial charge in [0.05, 0.1) is 0 Å². The largest absolute Gasteiger partial charge is 0.476 e. The maximum absolute atomic E-state index is 12.5. The van der Waals surface area contributed by atoms with Crippen LogP contribution in [0.3, 0.4) is 0 Å². The molecule has 1 unspecified atom stereocenters. The number of amides is 1. The number of benzene rings is 2. The monoisotopic (exact) mass is 436 g/mol. The van der Waals surface area contributed by atoms with Crippen molar-refractivity contribution < 1.29 is 19.4 Å². The number of aromatic nitrogens is 1. The number of rotatable bonds is 7. The molecule has 1 aliphatic carbocycles. The normalized spacial score (nSPS) is 13.4. The fraction of sp³-hybridized carbons (Fsp3) is 0.292. The van der Waals surface area contributed by atoms with Crippen LogP contribution in [0.1, 0.15) is 65.0 Å². The molecule has 0 aliphatic heterocycles. The maximum atomic E-state index is 12.5. The van der Waals surface area contributed by atoms with Crippen molar-refractivity contribution in [1.82, 2.24) is 4.98 Å². The second kappa shape index (κ2) is 8.89. The molecule has 6 nitrogen and oxygen atoms in total. The lowest BCUT2D eigenvalue weighted by atomic mass is 9.98. The highest BCUT2D eigenvalue weighted by Crippen LogP contribution is 2.44. The molecule has 0 saturated carbocycles. The lowest BCUT2D eigenvalue weighted by Gasteiger charge is -2.14. The SMILES string of the molecule is CCCC(C)c1sc(NC(=O)OCC2c3ccccc3-c3ccccc32)nc1C(=O)O. The Bertz CT molecular complexity index is 1080. The molecular weight excluding hydrogens is 412 g/mol. The minimum Gasteiger partial charge on any atom is -0.476 e. The number of nitrogens with zero attached hydrogens (tertiary/aromatic N) is 1. The summed E-state index contributed by atoms with van der Waals surface area (Å²) in [7, 11) is 0.